The van der Waals surface area contributed by atoms with Crippen molar-refractivity contribution in [2.24, 2.45) is 0 Å². The number of anilines is 3. The Kier molecular flexibility index (Phi) is 8.42. The fraction of sp³-hybridized carbons (Fsp3) is 0. The Morgan fingerprint density at radius 1 is 0.328 bits per heavy atom. The van der Waals surface area contributed by atoms with E-state index < -0.39 is 0 Å². The lowest BCUT2D eigenvalue weighted by atomic mass is 9.89. The predicted octanol–water partition coefficient (Wildman–Crippen LogP) is 16.5. The summed E-state index contributed by atoms with van der Waals surface area (Å²) in [5.74, 6) is 0. The van der Waals surface area contributed by atoms with Gasteiger partial charge in [0.1, 0.15) is 0 Å². The van der Waals surface area contributed by atoms with Crippen molar-refractivity contribution in [2.45, 2.75) is 0 Å². The molecule has 2 heteroatoms. The van der Waals surface area contributed by atoms with Crippen LogP contribution in [0.25, 0.3) is 86.2 Å². The largest absolute Gasteiger partial charge is 0.308 e. The van der Waals surface area contributed by atoms with Gasteiger partial charge in [-0.25, -0.2) is 0 Å². The van der Waals surface area contributed by atoms with E-state index in [9.17, 15) is 0 Å². The summed E-state index contributed by atoms with van der Waals surface area (Å²) in [6, 6.07) is 82.0. The molecule has 0 radical (unpaired) electrons. The summed E-state index contributed by atoms with van der Waals surface area (Å²) in [5, 5.41) is 7.49. The Morgan fingerprint density at radius 3 is 1.67 bits per heavy atom. The summed E-state index contributed by atoms with van der Waals surface area (Å²) in [5.41, 5.74) is 13.0. The van der Waals surface area contributed by atoms with Gasteiger partial charge in [0.2, 0.25) is 0 Å². The van der Waals surface area contributed by atoms with E-state index in [1.807, 2.05) is 11.3 Å². The topological polar surface area (TPSA) is 3.24 Å². The average Bonchev–Trinajstić information content (AvgIpc) is 3.69. The lowest BCUT2D eigenvalue weighted by Gasteiger charge is -2.32. The molecule has 1 aromatic heterocycles. The number of hydrogen-bond donors (Lipinski definition) is 0. The first kappa shape index (κ1) is 34.0. The second-order valence-electron chi connectivity index (χ2n) is 14.8. The maximum atomic E-state index is 2.53. The van der Waals surface area contributed by atoms with Crippen molar-refractivity contribution in [3.8, 4) is 44.5 Å². The summed E-state index contributed by atoms with van der Waals surface area (Å²) in [6.07, 6.45) is 0. The quantitative estimate of drug-likeness (QED) is 0.157. The van der Waals surface area contributed by atoms with Crippen LogP contribution in [-0.4, -0.2) is 0 Å². The normalized spacial score (nSPS) is 11.4. The van der Waals surface area contributed by atoms with E-state index in [2.05, 4.69) is 229 Å². The number of nitrogens with zero attached hydrogens (tertiary/aromatic N) is 1. The van der Waals surface area contributed by atoms with E-state index >= 15 is 0 Å². The zero-order valence-corrected chi connectivity index (χ0v) is 32.5. The highest BCUT2D eigenvalue weighted by molar-refractivity contribution is 7.26. The Bertz CT molecular complexity index is 3260. The van der Waals surface area contributed by atoms with Crippen LogP contribution in [-0.2, 0) is 0 Å². The second kappa shape index (κ2) is 14.4. The molecule has 0 saturated heterocycles. The molecule has 1 nitrogen and oxygen atoms in total. The molecule has 0 fully saturated rings. The molecule has 0 N–H and O–H groups in total. The predicted molar refractivity (Wildman–Crippen MR) is 251 cm³/mol. The summed E-state index contributed by atoms with van der Waals surface area (Å²) >= 11 is 1.87. The lowest BCUT2D eigenvalue weighted by molar-refractivity contribution is 1.31. The second-order valence-corrected chi connectivity index (χ2v) is 15.9. The van der Waals surface area contributed by atoms with Gasteiger partial charge in [-0.15, -0.1) is 11.3 Å². The minimum absolute atomic E-state index is 1.10. The lowest BCUT2D eigenvalue weighted by Crippen LogP contribution is -2.13. The highest BCUT2D eigenvalue weighted by atomic mass is 32.1. The molecule has 0 aliphatic carbocycles. The first-order valence-electron chi connectivity index (χ1n) is 19.8. The molecule has 0 saturated carbocycles. The number of rotatable bonds is 7. The fourth-order valence-electron chi connectivity index (χ4n) is 8.73. The van der Waals surface area contributed by atoms with Crippen LogP contribution in [0.4, 0.5) is 17.1 Å². The highest BCUT2D eigenvalue weighted by Gasteiger charge is 2.26. The van der Waals surface area contributed by atoms with Crippen molar-refractivity contribution in [3.63, 3.8) is 0 Å². The molecular formula is C56H37NS. The third-order valence-electron chi connectivity index (χ3n) is 11.4. The van der Waals surface area contributed by atoms with Gasteiger partial charge in [-0.3, -0.25) is 0 Å². The summed E-state index contributed by atoms with van der Waals surface area (Å²) in [6.45, 7) is 0. The van der Waals surface area contributed by atoms with Gasteiger partial charge in [0.15, 0.2) is 0 Å². The monoisotopic (exact) mass is 755 g/mol. The van der Waals surface area contributed by atoms with Crippen LogP contribution in [0.3, 0.4) is 0 Å². The SMILES string of the molecule is c1ccc(-c2cc3ccccc3c(-c3ccccc3)c2N(c2ccc(-c3ccc4cccc(-c5ccccc5)c4c3)cc2)c2cccc3c2sc2ccccc23)cc1. The van der Waals surface area contributed by atoms with Crippen molar-refractivity contribution in [1.29, 1.82) is 0 Å². The molecule has 272 valence electrons. The smallest absolute Gasteiger partial charge is 0.0640 e. The molecule has 11 rings (SSSR count). The maximum absolute atomic E-state index is 2.53. The standard InChI is InChI=1S/C56H37NS/c1-4-16-39(17-5-1)46-26-14-23-41-30-31-43(36-50(41)46)38-32-34-45(35-33-38)57(52-28-15-27-49-48-25-12-13-29-53(48)58-56(49)52)55-51(40-18-6-2-7-19-40)37-44-22-10-11-24-47(44)54(55)42-20-8-3-9-21-42/h1-37H. The van der Waals surface area contributed by atoms with E-state index in [-0.39, 0.29) is 0 Å². The van der Waals surface area contributed by atoms with Crippen molar-refractivity contribution in [3.05, 3.63) is 224 Å². The zero-order chi connectivity index (χ0) is 38.4. The van der Waals surface area contributed by atoms with Gasteiger partial charge in [-0.05, 0) is 91.3 Å². The Balaban J connectivity index is 1.18. The van der Waals surface area contributed by atoms with E-state index in [4.69, 9.17) is 0 Å². The minimum Gasteiger partial charge on any atom is -0.308 e. The van der Waals surface area contributed by atoms with Gasteiger partial charge in [-0.2, -0.15) is 0 Å². The highest BCUT2D eigenvalue weighted by Crippen LogP contribution is 2.52. The van der Waals surface area contributed by atoms with Gasteiger partial charge < -0.3 is 4.90 Å². The molecule has 11 aromatic rings. The minimum atomic E-state index is 1.10. The Morgan fingerprint density at radius 2 is 0.914 bits per heavy atom. The molecular weight excluding hydrogens is 719 g/mol. The van der Waals surface area contributed by atoms with Gasteiger partial charge in [-0.1, -0.05) is 188 Å². The van der Waals surface area contributed by atoms with E-state index in [0.29, 0.717) is 0 Å². The number of fused-ring (bicyclic) bond motifs is 5. The molecule has 0 spiro atoms. The van der Waals surface area contributed by atoms with Gasteiger partial charge in [0.05, 0.1) is 16.1 Å². The van der Waals surface area contributed by atoms with Crippen molar-refractivity contribution in [2.75, 3.05) is 4.90 Å². The molecule has 58 heavy (non-hydrogen) atoms. The number of hydrogen-bond acceptors (Lipinski definition) is 2. The first-order chi connectivity index (χ1) is 28.8. The average molecular weight is 756 g/mol. The first-order valence-corrected chi connectivity index (χ1v) is 20.7. The van der Waals surface area contributed by atoms with Crippen molar-refractivity contribution < 1.29 is 0 Å². The molecule has 0 amide bonds. The van der Waals surface area contributed by atoms with Crippen molar-refractivity contribution >= 4 is 70.1 Å². The van der Waals surface area contributed by atoms with E-state index in [1.54, 1.807) is 0 Å². The third-order valence-corrected chi connectivity index (χ3v) is 12.7. The Hall–Kier alpha value is -7.26. The van der Waals surface area contributed by atoms with E-state index in [0.717, 1.165) is 17.1 Å². The van der Waals surface area contributed by atoms with Crippen molar-refractivity contribution in [1.82, 2.24) is 0 Å². The molecule has 0 aliphatic rings. The Labute approximate surface area is 342 Å². The van der Waals surface area contributed by atoms with Gasteiger partial charge in [0, 0.05) is 32.3 Å². The number of thiophene rings is 1. The maximum Gasteiger partial charge on any atom is 0.0640 e. The van der Waals surface area contributed by atoms with Crippen LogP contribution >= 0.6 is 11.3 Å². The summed E-state index contributed by atoms with van der Waals surface area (Å²) in [7, 11) is 0. The molecule has 0 unspecified atom stereocenters. The van der Waals surface area contributed by atoms with Crippen LogP contribution in [0.5, 0.6) is 0 Å². The molecule has 0 bridgehead atoms. The summed E-state index contributed by atoms with van der Waals surface area (Å²) in [4.78, 5) is 2.53. The van der Waals surface area contributed by atoms with E-state index in [1.165, 1.54) is 86.2 Å². The van der Waals surface area contributed by atoms with Crippen LogP contribution in [0.2, 0.25) is 0 Å². The number of benzene rings is 10. The van der Waals surface area contributed by atoms with Crippen LogP contribution in [0.15, 0.2) is 224 Å². The van der Waals surface area contributed by atoms with Crippen LogP contribution in [0.1, 0.15) is 0 Å². The fourth-order valence-corrected chi connectivity index (χ4v) is 9.93. The van der Waals surface area contributed by atoms with Gasteiger partial charge >= 0.3 is 0 Å². The third kappa shape index (κ3) is 5.86. The molecule has 1 heterocycles. The van der Waals surface area contributed by atoms with Crippen LogP contribution in [0, 0.1) is 0 Å². The molecule has 10 aromatic carbocycles. The van der Waals surface area contributed by atoms with Gasteiger partial charge in [0.25, 0.3) is 0 Å². The molecule has 0 atom stereocenters. The molecule has 0 aliphatic heterocycles. The zero-order valence-electron chi connectivity index (χ0n) is 31.7. The van der Waals surface area contributed by atoms with Crippen LogP contribution < -0.4 is 4.90 Å². The summed E-state index contributed by atoms with van der Waals surface area (Å²) < 4.78 is 2.55.